The Kier molecular flexibility index (Phi) is 36.6. The van der Waals surface area contributed by atoms with Crippen molar-refractivity contribution in [2.45, 2.75) is 180 Å². The van der Waals surface area contributed by atoms with E-state index in [0.717, 1.165) is 83.5 Å². The van der Waals surface area contributed by atoms with Crippen LogP contribution in [0.3, 0.4) is 0 Å². The van der Waals surface area contributed by atoms with Gasteiger partial charge in [-0.1, -0.05) is 164 Å². The molecule has 1 amide bonds. The van der Waals surface area contributed by atoms with Gasteiger partial charge in [-0.3, -0.25) is 13.8 Å². The first-order chi connectivity index (χ1) is 24.9. The average Bonchev–Trinajstić information content (AvgIpc) is 3.12. The standard InChI is InChI=1S/C42H77N2O6P/c1-3-5-7-9-11-13-14-15-16-17-18-19-20-21-22-23-24-25-26-28-30-32-34-36-42(46)44-40(39-50-51(47,48)49-38-37-43)41(45)35-33-31-29-27-12-10-8-6-4-2/h5,7,11,13,15-16,18-19,21-22,40-41,45H,3-4,6,8-10,12,14,17,20,23-39,43H2,1-2H3,(H,44,46)(H,47,48)/b7-5-,13-11-,16-15-,19-18-,22-21-. The maximum atomic E-state index is 12.7. The maximum Gasteiger partial charge on any atom is 0.472 e. The fourth-order valence-electron chi connectivity index (χ4n) is 5.57. The van der Waals surface area contributed by atoms with Crippen molar-refractivity contribution in [3.63, 3.8) is 0 Å². The van der Waals surface area contributed by atoms with E-state index in [1.165, 1.54) is 57.8 Å². The third-order valence-electron chi connectivity index (χ3n) is 8.64. The Morgan fingerprint density at radius 2 is 1.14 bits per heavy atom. The van der Waals surface area contributed by atoms with E-state index in [4.69, 9.17) is 14.8 Å². The fraction of sp³-hybridized carbons (Fsp3) is 0.738. The molecule has 0 aliphatic heterocycles. The van der Waals surface area contributed by atoms with Crippen molar-refractivity contribution < 1.29 is 28.4 Å². The second kappa shape index (κ2) is 37.9. The number of phosphoric ester groups is 1. The molecule has 296 valence electrons. The molecule has 51 heavy (non-hydrogen) atoms. The summed E-state index contributed by atoms with van der Waals surface area (Å²) in [6.07, 6.45) is 46.6. The predicted octanol–water partition coefficient (Wildman–Crippen LogP) is 11.1. The van der Waals surface area contributed by atoms with E-state index >= 15 is 0 Å². The summed E-state index contributed by atoms with van der Waals surface area (Å²) in [5.74, 6) is -0.178. The van der Waals surface area contributed by atoms with Crippen LogP contribution < -0.4 is 11.1 Å². The molecule has 0 saturated carbocycles. The first kappa shape index (κ1) is 49.2. The van der Waals surface area contributed by atoms with Gasteiger partial charge in [-0.05, 0) is 57.8 Å². The topological polar surface area (TPSA) is 131 Å². The highest BCUT2D eigenvalue weighted by Gasteiger charge is 2.27. The van der Waals surface area contributed by atoms with Gasteiger partial charge in [0.2, 0.25) is 5.91 Å². The SMILES string of the molecule is CC/C=C\C/C=C\C/C=C\C/C=C\C/C=C\CCCCCCCCCC(=O)NC(COP(=O)(O)OCCN)C(O)CCCCCCCCCCC. The van der Waals surface area contributed by atoms with Gasteiger partial charge in [-0.2, -0.15) is 0 Å². The summed E-state index contributed by atoms with van der Waals surface area (Å²) in [6.45, 7) is 4.04. The molecule has 0 aromatic rings. The minimum absolute atomic E-state index is 0.0837. The second-order valence-corrected chi connectivity index (χ2v) is 14.9. The van der Waals surface area contributed by atoms with E-state index in [9.17, 15) is 19.4 Å². The van der Waals surface area contributed by atoms with Gasteiger partial charge in [0.05, 0.1) is 25.4 Å². The van der Waals surface area contributed by atoms with Gasteiger partial charge in [-0.15, -0.1) is 0 Å². The molecule has 0 fully saturated rings. The van der Waals surface area contributed by atoms with Crippen molar-refractivity contribution in [1.29, 1.82) is 0 Å². The number of aliphatic hydroxyl groups is 1. The lowest BCUT2D eigenvalue weighted by Crippen LogP contribution is -2.46. The molecule has 8 nitrogen and oxygen atoms in total. The number of nitrogens with two attached hydrogens (primary N) is 1. The first-order valence-electron chi connectivity index (χ1n) is 20.4. The summed E-state index contributed by atoms with van der Waals surface area (Å²) >= 11 is 0. The smallest absolute Gasteiger partial charge is 0.391 e. The number of nitrogens with one attached hydrogen (secondary N) is 1. The van der Waals surface area contributed by atoms with Crippen molar-refractivity contribution in [1.82, 2.24) is 5.32 Å². The Labute approximate surface area is 313 Å². The van der Waals surface area contributed by atoms with Gasteiger partial charge >= 0.3 is 7.82 Å². The normalized spacial score (nSPS) is 14.8. The molecule has 0 rings (SSSR count). The number of hydrogen-bond acceptors (Lipinski definition) is 6. The summed E-state index contributed by atoms with van der Waals surface area (Å²) in [4.78, 5) is 22.6. The molecular formula is C42H77N2O6P. The Bertz CT molecular complexity index is 980. The lowest BCUT2D eigenvalue weighted by molar-refractivity contribution is -0.123. The predicted molar refractivity (Wildman–Crippen MR) is 217 cm³/mol. The number of carbonyl (C=O) groups excluding carboxylic acids is 1. The molecule has 0 aromatic heterocycles. The lowest BCUT2D eigenvalue weighted by atomic mass is 10.0. The molecule has 3 unspecified atom stereocenters. The van der Waals surface area contributed by atoms with E-state index in [1.54, 1.807) is 0 Å². The Morgan fingerprint density at radius 3 is 1.67 bits per heavy atom. The fourth-order valence-corrected chi connectivity index (χ4v) is 6.33. The van der Waals surface area contributed by atoms with Crippen LogP contribution in [0.15, 0.2) is 60.8 Å². The Hall–Kier alpha value is -1.80. The summed E-state index contributed by atoms with van der Waals surface area (Å²) in [5, 5.41) is 13.7. The van der Waals surface area contributed by atoms with E-state index < -0.39 is 20.0 Å². The zero-order valence-electron chi connectivity index (χ0n) is 32.6. The van der Waals surface area contributed by atoms with Crippen molar-refractivity contribution in [2.75, 3.05) is 19.8 Å². The quantitative estimate of drug-likeness (QED) is 0.0284. The second-order valence-electron chi connectivity index (χ2n) is 13.5. The van der Waals surface area contributed by atoms with Crippen LogP contribution in [0.1, 0.15) is 168 Å². The molecule has 0 radical (unpaired) electrons. The van der Waals surface area contributed by atoms with Crippen LogP contribution in [0, 0.1) is 0 Å². The van der Waals surface area contributed by atoms with Crippen LogP contribution in [-0.2, 0) is 18.4 Å². The molecule has 0 bridgehead atoms. The number of phosphoric acid groups is 1. The van der Waals surface area contributed by atoms with Crippen LogP contribution in [0.5, 0.6) is 0 Å². The van der Waals surface area contributed by atoms with E-state index in [0.29, 0.717) is 12.8 Å². The van der Waals surface area contributed by atoms with Gasteiger partial charge in [-0.25, -0.2) is 4.57 Å². The molecule has 5 N–H and O–H groups in total. The van der Waals surface area contributed by atoms with Crippen molar-refractivity contribution in [2.24, 2.45) is 5.73 Å². The molecule has 3 atom stereocenters. The van der Waals surface area contributed by atoms with Crippen molar-refractivity contribution >= 4 is 13.7 Å². The van der Waals surface area contributed by atoms with Crippen molar-refractivity contribution in [3.8, 4) is 0 Å². The Balaban J connectivity index is 4.13. The third-order valence-corrected chi connectivity index (χ3v) is 9.62. The summed E-state index contributed by atoms with van der Waals surface area (Å²) < 4.78 is 22.1. The summed E-state index contributed by atoms with van der Waals surface area (Å²) in [7, 11) is -4.31. The number of hydrogen-bond donors (Lipinski definition) is 4. The molecule has 9 heteroatoms. The largest absolute Gasteiger partial charge is 0.472 e. The molecule has 0 spiro atoms. The molecular weight excluding hydrogens is 659 g/mol. The highest BCUT2D eigenvalue weighted by molar-refractivity contribution is 7.47. The van der Waals surface area contributed by atoms with Gasteiger partial charge in [0.15, 0.2) is 0 Å². The molecule has 0 aliphatic carbocycles. The molecule has 0 aliphatic rings. The van der Waals surface area contributed by atoms with Crippen LogP contribution in [0.25, 0.3) is 0 Å². The van der Waals surface area contributed by atoms with Crippen LogP contribution in [0.4, 0.5) is 0 Å². The van der Waals surface area contributed by atoms with Gasteiger partial charge in [0.1, 0.15) is 0 Å². The first-order valence-corrected chi connectivity index (χ1v) is 21.9. The van der Waals surface area contributed by atoms with Crippen molar-refractivity contribution in [3.05, 3.63) is 60.8 Å². The van der Waals surface area contributed by atoms with E-state index in [1.807, 2.05) is 0 Å². The molecule has 0 heterocycles. The number of rotatable bonds is 37. The average molecular weight is 737 g/mol. The monoisotopic (exact) mass is 737 g/mol. The number of allylic oxidation sites excluding steroid dienone is 10. The molecule has 0 aromatic carbocycles. The summed E-state index contributed by atoms with van der Waals surface area (Å²) in [6, 6.07) is -0.781. The minimum Gasteiger partial charge on any atom is -0.391 e. The number of aliphatic hydroxyl groups excluding tert-OH is 1. The number of unbranched alkanes of at least 4 members (excludes halogenated alkanes) is 15. The summed E-state index contributed by atoms with van der Waals surface area (Å²) in [5.41, 5.74) is 5.36. The van der Waals surface area contributed by atoms with Crippen LogP contribution in [0.2, 0.25) is 0 Å². The zero-order valence-corrected chi connectivity index (χ0v) is 33.5. The zero-order chi connectivity index (χ0) is 37.5. The highest BCUT2D eigenvalue weighted by atomic mass is 31.2. The van der Waals surface area contributed by atoms with E-state index in [2.05, 4.69) is 79.9 Å². The van der Waals surface area contributed by atoms with E-state index in [-0.39, 0.29) is 25.7 Å². The number of carbonyl (C=O) groups is 1. The third kappa shape index (κ3) is 36.4. The lowest BCUT2D eigenvalue weighted by Gasteiger charge is -2.25. The van der Waals surface area contributed by atoms with Crippen LogP contribution in [-0.4, -0.2) is 47.8 Å². The maximum absolute atomic E-state index is 12.7. The highest BCUT2D eigenvalue weighted by Crippen LogP contribution is 2.43. The van der Waals surface area contributed by atoms with Crippen LogP contribution >= 0.6 is 7.82 Å². The van der Waals surface area contributed by atoms with Gasteiger partial charge in [0, 0.05) is 13.0 Å². The van der Waals surface area contributed by atoms with Gasteiger partial charge in [0.25, 0.3) is 0 Å². The Morgan fingerprint density at radius 1 is 0.667 bits per heavy atom. The molecule has 0 saturated heterocycles. The number of amides is 1. The minimum atomic E-state index is -4.31. The van der Waals surface area contributed by atoms with Gasteiger partial charge < -0.3 is 21.1 Å².